The zero-order chi connectivity index (χ0) is 17.2. The van der Waals surface area contributed by atoms with E-state index in [4.69, 9.17) is 20.0 Å². The maximum atomic E-state index is 7.00. The Morgan fingerprint density at radius 1 is 1.17 bits per heavy atom. The number of aliphatic hydroxyl groups is 1. The highest BCUT2D eigenvalue weighted by Crippen LogP contribution is 2.30. The number of aliphatic hydroxyl groups excluding tert-OH is 1. The summed E-state index contributed by atoms with van der Waals surface area (Å²) in [4.78, 5) is 4.43. The number of fused-ring (bicyclic) bond motifs is 1. The van der Waals surface area contributed by atoms with E-state index in [9.17, 15) is 0 Å². The minimum Gasteiger partial charge on any atom is -0.493 e. The molecule has 1 fully saturated rings. The van der Waals surface area contributed by atoms with E-state index in [0.717, 1.165) is 24.1 Å². The molecular formula is C18H30N2O3. The molecule has 5 nitrogen and oxygen atoms in total. The highest BCUT2D eigenvalue weighted by atomic mass is 16.5. The van der Waals surface area contributed by atoms with Crippen molar-refractivity contribution in [3.05, 3.63) is 23.6 Å². The van der Waals surface area contributed by atoms with Crippen molar-refractivity contribution in [2.24, 2.45) is 5.73 Å². The first-order chi connectivity index (χ1) is 11.2. The average Bonchev–Trinajstić information content (AvgIpc) is 3.27. The molecule has 1 aromatic heterocycles. The van der Waals surface area contributed by atoms with Crippen molar-refractivity contribution in [3.8, 4) is 5.75 Å². The summed E-state index contributed by atoms with van der Waals surface area (Å²) in [5, 5.41) is 7.00. The van der Waals surface area contributed by atoms with Crippen molar-refractivity contribution in [1.82, 2.24) is 4.98 Å². The fourth-order valence-electron chi connectivity index (χ4n) is 2.48. The molecule has 0 unspecified atom stereocenters. The number of nitrogens with two attached hydrogens (primary N) is 1. The van der Waals surface area contributed by atoms with Gasteiger partial charge in [0.2, 0.25) is 0 Å². The molecule has 0 spiro atoms. The van der Waals surface area contributed by atoms with Crippen LogP contribution in [0, 0.1) is 0 Å². The van der Waals surface area contributed by atoms with Crippen LogP contribution in [0.5, 0.6) is 5.75 Å². The lowest BCUT2D eigenvalue weighted by atomic mass is 10.2. The van der Waals surface area contributed by atoms with Crippen LogP contribution in [-0.4, -0.2) is 24.3 Å². The highest BCUT2D eigenvalue weighted by molar-refractivity contribution is 5.80. The summed E-state index contributed by atoms with van der Waals surface area (Å²) in [6, 6.07) is 3.82. The molecular weight excluding hydrogens is 292 g/mol. The van der Waals surface area contributed by atoms with Gasteiger partial charge in [-0.3, -0.25) is 0 Å². The van der Waals surface area contributed by atoms with Crippen LogP contribution in [0.4, 0.5) is 0 Å². The van der Waals surface area contributed by atoms with Crippen molar-refractivity contribution < 1.29 is 14.3 Å². The van der Waals surface area contributed by atoms with Crippen LogP contribution in [-0.2, 0) is 6.54 Å². The maximum absolute atomic E-state index is 7.00. The van der Waals surface area contributed by atoms with E-state index in [1.54, 1.807) is 7.11 Å². The fraction of sp³-hybridized carbons (Fsp3) is 0.611. The fourth-order valence-corrected chi connectivity index (χ4v) is 2.48. The second-order valence-corrected chi connectivity index (χ2v) is 5.83. The predicted molar refractivity (Wildman–Crippen MR) is 93.8 cm³/mol. The van der Waals surface area contributed by atoms with Crippen LogP contribution in [0.1, 0.15) is 63.3 Å². The average molecular weight is 322 g/mol. The second-order valence-electron chi connectivity index (χ2n) is 5.83. The summed E-state index contributed by atoms with van der Waals surface area (Å²) in [6.45, 7) is 4.55. The Bertz CT molecular complexity index is 567. The van der Waals surface area contributed by atoms with Crippen LogP contribution in [0.15, 0.2) is 16.5 Å². The summed E-state index contributed by atoms with van der Waals surface area (Å²) in [6.07, 6.45) is 7.50. The van der Waals surface area contributed by atoms with Gasteiger partial charge in [0.1, 0.15) is 5.52 Å². The molecule has 0 amide bonds. The number of benzene rings is 1. The minimum atomic E-state index is 0.262. The van der Waals surface area contributed by atoms with E-state index in [1.807, 2.05) is 26.0 Å². The SMILES string of the molecule is C1CCCC1.CO.COc1cc(CN)cc2nc(C(C)C)oc12. The van der Waals surface area contributed by atoms with Crippen LogP contribution in [0.3, 0.4) is 0 Å². The third-order valence-corrected chi connectivity index (χ3v) is 3.73. The van der Waals surface area contributed by atoms with Crippen LogP contribution in [0.2, 0.25) is 0 Å². The zero-order valence-electron chi connectivity index (χ0n) is 14.8. The van der Waals surface area contributed by atoms with Gasteiger partial charge in [-0.25, -0.2) is 4.98 Å². The van der Waals surface area contributed by atoms with Crippen molar-refractivity contribution in [1.29, 1.82) is 0 Å². The number of rotatable bonds is 3. The lowest BCUT2D eigenvalue weighted by molar-refractivity contribution is 0.399. The van der Waals surface area contributed by atoms with Gasteiger partial charge >= 0.3 is 0 Å². The second kappa shape index (κ2) is 10.2. The number of nitrogens with zero attached hydrogens (tertiary/aromatic N) is 1. The van der Waals surface area contributed by atoms with Gasteiger partial charge in [-0.15, -0.1) is 0 Å². The molecule has 0 atom stereocenters. The van der Waals surface area contributed by atoms with Gasteiger partial charge < -0.3 is 20.0 Å². The van der Waals surface area contributed by atoms with Crippen LogP contribution in [0.25, 0.3) is 11.1 Å². The quantitative estimate of drug-likeness (QED) is 0.893. The number of oxazole rings is 1. The Kier molecular flexibility index (Phi) is 8.66. The van der Waals surface area contributed by atoms with Crippen molar-refractivity contribution in [2.75, 3.05) is 14.2 Å². The Morgan fingerprint density at radius 2 is 1.74 bits per heavy atom. The molecule has 1 saturated carbocycles. The Balaban J connectivity index is 0.000000317. The first-order valence-electron chi connectivity index (χ1n) is 8.27. The standard InChI is InChI=1S/C12H16N2O2.C5H10.CH4O/c1-7(2)12-14-9-4-8(6-13)5-10(15-3)11(9)16-12;1-2-4-5-3-1;1-2/h4-5,7H,6,13H2,1-3H3;1-5H2;2H,1H3. The normalized spacial score (nSPS) is 13.3. The van der Waals surface area contributed by atoms with Crippen LogP contribution >= 0.6 is 0 Å². The largest absolute Gasteiger partial charge is 0.493 e. The van der Waals surface area contributed by atoms with Gasteiger partial charge in [-0.1, -0.05) is 46.0 Å². The molecule has 1 heterocycles. The van der Waals surface area contributed by atoms with Gasteiger partial charge in [0, 0.05) is 19.6 Å². The molecule has 3 N–H and O–H groups in total. The van der Waals surface area contributed by atoms with E-state index in [2.05, 4.69) is 4.98 Å². The molecule has 130 valence electrons. The van der Waals surface area contributed by atoms with Gasteiger partial charge in [-0.2, -0.15) is 0 Å². The molecule has 5 heteroatoms. The Morgan fingerprint density at radius 3 is 2.17 bits per heavy atom. The number of aromatic nitrogens is 1. The highest BCUT2D eigenvalue weighted by Gasteiger charge is 2.14. The van der Waals surface area contributed by atoms with Gasteiger partial charge in [0.25, 0.3) is 0 Å². The Labute approximate surface area is 138 Å². The summed E-state index contributed by atoms with van der Waals surface area (Å²) in [5.74, 6) is 1.68. The topological polar surface area (TPSA) is 81.5 Å². The van der Waals surface area contributed by atoms with Gasteiger partial charge in [0.15, 0.2) is 17.2 Å². The molecule has 1 aliphatic rings. The molecule has 0 saturated heterocycles. The molecule has 1 aliphatic carbocycles. The smallest absolute Gasteiger partial charge is 0.198 e. The monoisotopic (exact) mass is 322 g/mol. The van der Waals surface area contributed by atoms with Crippen molar-refractivity contribution in [3.63, 3.8) is 0 Å². The number of ether oxygens (including phenoxy) is 1. The molecule has 0 bridgehead atoms. The number of methoxy groups -OCH3 is 1. The van der Waals surface area contributed by atoms with E-state index in [-0.39, 0.29) is 5.92 Å². The maximum Gasteiger partial charge on any atom is 0.198 e. The first-order valence-corrected chi connectivity index (χ1v) is 8.27. The summed E-state index contributed by atoms with van der Waals surface area (Å²) in [5.41, 5.74) is 8.12. The summed E-state index contributed by atoms with van der Waals surface area (Å²) >= 11 is 0. The third-order valence-electron chi connectivity index (χ3n) is 3.73. The van der Waals surface area contributed by atoms with Crippen molar-refractivity contribution >= 4 is 11.1 Å². The van der Waals surface area contributed by atoms with Crippen molar-refractivity contribution in [2.45, 2.75) is 58.4 Å². The predicted octanol–water partition coefficient (Wildman–Crippen LogP) is 3.98. The molecule has 1 aromatic carbocycles. The Hall–Kier alpha value is -1.59. The van der Waals surface area contributed by atoms with Gasteiger partial charge in [0.05, 0.1) is 7.11 Å². The number of hydrogen-bond acceptors (Lipinski definition) is 5. The first kappa shape index (κ1) is 19.5. The number of hydrogen-bond donors (Lipinski definition) is 2. The van der Waals surface area contributed by atoms with Gasteiger partial charge in [-0.05, 0) is 17.7 Å². The van der Waals surface area contributed by atoms with E-state index in [0.29, 0.717) is 17.9 Å². The summed E-state index contributed by atoms with van der Waals surface area (Å²) in [7, 11) is 2.62. The molecule has 23 heavy (non-hydrogen) atoms. The third kappa shape index (κ3) is 5.52. The minimum absolute atomic E-state index is 0.262. The van der Waals surface area contributed by atoms with E-state index >= 15 is 0 Å². The molecule has 2 aromatic rings. The molecule has 3 rings (SSSR count). The molecule has 0 radical (unpaired) electrons. The summed E-state index contributed by atoms with van der Waals surface area (Å²) < 4.78 is 10.9. The lowest BCUT2D eigenvalue weighted by Gasteiger charge is -2.02. The van der Waals surface area contributed by atoms with Crippen LogP contribution < -0.4 is 10.5 Å². The van der Waals surface area contributed by atoms with E-state index < -0.39 is 0 Å². The van der Waals surface area contributed by atoms with E-state index in [1.165, 1.54) is 32.1 Å². The lowest BCUT2D eigenvalue weighted by Crippen LogP contribution is -1.96. The zero-order valence-corrected chi connectivity index (χ0v) is 14.8. The molecule has 0 aliphatic heterocycles.